The number of rotatable bonds is 8. The van der Waals surface area contributed by atoms with Crippen molar-refractivity contribution in [1.29, 1.82) is 0 Å². The zero-order chi connectivity index (χ0) is 10.1. The molecule has 0 bridgehead atoms. The van der Waals surface area contributed by atoms with Gasteiger partial charge in [0.05, 0.1) is 17.6 Å². The molecule has 0 aliphatic heterocycles. The van der Waals surface area contributed by atoms with E-state index < -0.39 is 0 Å². The van der Waals surface area contributed by atoms with Gasteiger partial charge in [0.15, 0.2) is 0 Å². The molecule has 0 aromatic rings. The predicted molar refractivity (Wildman–Crippen MR) is 61.2 cm³/mol. The van der Waals surface area contributed by atoms with Gasteiger partial charge in [-0.15, -0.1) is 0 Å². The Hall–Kier alpha value is 0.354. The summed E-state index contributed by atoms with van der Waals surface area (Å²) in [5, 5.41) is 0. The first-order valence-electron chi connectivity index (χ1n) is 4.86. The Morgan fingerprint density at radius 2 is 1.15 bits per heavy atom. The van der Waals surface area contributed by atoms with Crippen LogP contribution in [0.3, 0.4) is 0 Å². The van der Waals surface area contributed by atoms with E-state index in [0.29, 0.717) is 0 Å². The summed E-state index contributed by atoms with van der Waals surface area (Å²) in [6.45, 7) is 10.8. The van der Waals surface area contributed by atoms with Gasteiger partial charge in [-0.25, -0.2) is 0 Å². The van der Waals surface area contributed by atoms with Gasteiger partial charge in [-0.1, -0.05) is 26.2 Å². The molecular formula is C9H22O2Si2. The lowest BCUT2D eigenvalue weighted by Gasteiger charge is -2.07. The van der Waals surface area contributed by atoms with Gasteiger partial charge in [-0.3, -0.25) is 0 Å². The molecule has 0 fully saturated rings. The summed E-state index contributed by atoms with van der Waals surface area (Å²) in [4.78, 5) is 0. The molecule has 0 atom stereocenters. The van der Waals surface area contributed by atoms with E-state index in [0.717, 1.165) is 32.1 Å². The first-order chi connectivity index (χ1) is 6.13. The molecule has 2 nitrogen and oxygen atoms in total. The zero-order valence-corrected chi connectivity index (χ0v) is 11.4. The predicted octanol–water partition coefficient (Wildman–Crippen LogP) is 2.00. The Kier molecular flexibility index (Phi) is 9.17. The van der Waals surface area contributed by atoms with Gasteiger partial charge in [-0.05, 0) is 6.42 Å². The minimum atomic E-state index is -0.198. The fraction of sp³-hybridized carbons (Fsp3) is 1.00. The van der Waals surface area contributed by atoms with Crippen molar-refractivity contribution in [3.63, 3.8) is 0 Å². The largest absolute Gasteiger partial charge is 0.385 e. The maximum atomic E-state index is 5.48. The molecule has 2 radical (unpaired) electrons. The van der Waals surface area contributed by atoms with Crippen LogP contribution in [0.15, 0.2) is 0 Å². The fourth-order valence-corrected chi connectivity index (χ4v) is 1.92. The van der Waals surface area contributed by atoms with Crippen LogP contribution in [-0.2, 0) is 9.47 Å². The van der Waals surface area contributed by atoms with Gasteiger partial charge in [0, 0.05) is 25.7 Å². The lowest BCUT2D eigenvalue weighted by Crippen LogP contribution is -2.15. The van der Waals surface area contributed by atoms with Crippen LogP contribution in [0.2, 0.25) is 26.2 Å². The van der Waals surface area contributed by atoms with E-state index >= 15 is 0 Å². The third-order valence-corrected chi connectivity index (χ3v) is 2.92. The fourth-order valence-electron chi connectivity index (χ4n) is 0.816. The molecule has 0 aliphatic carbocycles. The minimum Gasteiger partial charge on any atom is -0.385 e. The maximum Gasteiger partial charge on any atom is 0.0741 e. The van der Waals surface area contributed by atoms with E-state index in [2.05, 4.69) is 26.2 Å². The summed E-state index contributed by atoms with van der Waals surface area (Å²) < 4.78 is 11.0. The molecule has 0 N–H and O–H groups in total. The first kappa shape index (κ1) is 13.4. The smallest absolute Gasteiger partial charge is 0.0741 e. The number of hydrogen-bond donors (Lipinski definition) is 0. The van der Waals surface area contributed by atoms with Crippen molar-refractivity contribution >= 4 is 17.6 Å². The van der Waals surface area contributed by atoms with E-state index in [4.69, 9.17) is 9.47 Å². The van der Waals surface area contributed by atoms with Gasteiger partial charge < -0.3 is 9.47 Å². The normalized spacial score (nSPS) is 11.5. The summed E-state index contributed by atoms with van der Waals surface area (Å²) in [6.07, 6.45) is 2.99. The van der Waals surface area contributed by atoms with Gasteiger partial charge in [-0.2, -0.15) is 0 Å². The minimum absolute atomic E-state index is 0.198. The highest BCUT2D eigenvalue weighted by Gasteiger charge is 1.97. The second-order valence-corrected chi connectivity index (χ2v) is 9.28. The van der Waals surface area contributed by atoms with Crippen molar-refractivity contribution in [3.8, 4) is 0 Å². The molecule has 13 heavy (non-hydrogen) atoms. The third-order valence-electron chi connectivity index (χ3n) is 1.36. The van der Waals surface area contributed by atoms with E-state index in [1.807, 2.05) is 0 Å². The van der Waals surface area contributed by atoms with Crippen LogP contribution >= 0.6 is 0 Å². The van der Waals surface area contributed by atoms with Crippen molar-refractivity contribution < 1.29 is 9.47 Å². The van der Waals surface area contributed by atoms with Gasteiger partial charge in [0.1, 0.15) is 0 Å². The molecule has 0 spiro atoms. The zero-order valence-electron chi connectivity index (χ0n) is 9.35. The number of hydrogen-bond acceptors (Lipinski definition) is 2. The molecule has 0 aromatic heterocycles. The summed E-state index contributed by atoms with van der Waals surface area (Å²) in [7, 11) is -0.397. The molecular weight excluding hydrogens is 196 g/mol. The third kappa shape index (κ3) is 12.4. The highest BCUT2D eigenvalue weighted by Crippen LogP contribution is 1.89. The second kappa shape index (κ2) is 8.93. The standard InChI is InChI=1S/C9H22O2Si2/c1-12(2)8-10-6-5-7-11-9-13(3)4/h5-9H2,1-4H3. The summed E-state index contributed by atoms with van der Waals surface area (Å²) in [6, 6.07) is 0. The molecule has 0 rings (SSSR count). The van der Waals surface area contributed by atoms with Crippen molar-refractivity contribution in [3.05, 3.63) is 0 Å². The van der Waals surface area contributed by atoms with E-state index in [-0.39, 0.29) is 17.6 Å². The monoisotopic (exact) mass is 218 g/mol. The van der Waals surface area contributed by atoms with Gasteiger partial charge in [0.25, 0.3) is 0 Å². The molecule has 0 saturated heterocycles. The molecule has 0 saturated carbocycles. The average Bonchev–Trinajstić information content (AvgIpc) is 2.01. The molecule has 0 heterocycles. The van der Waals surface area contributed by atoms with Gasteiger partial charge in [0.2, 0.25) is 0 Å². The van der Waals surface area contributed by atoms with E-state index in [1.165, 1.54) is 0 Å². The van der Waals surface area contributed by atoms with Crippen molar-refractivity contribution in [1.82, 2.24) is 0 Å². The molecule has 0 unspecified atom stereocenters. The summed E-state index contributed by atoms with van der Waals surface area (Å²) in [5.41, 5.74) is 0. The Labute approximate surface area is 85.8 Å². The SMILES string of the molecule is C[Si](C)COCCCOC[Si](C)C. The average molecular weight is 218 g/mol. The van der Waals surface area contributed by atoms with Crippen molar-refractivity contribution in [2.75, 3.05) is 25.7 Å². The topological polar surface area (TPSA) is 18.5 Å². The maximum absolute atomic E-state index is 5.48. The second-order valence-electron chi connectivity index (χ2n) is 3.87. The molecule has 0 amide bonds. The molecule has 78 valence electrons. The Balaban J connectivity index is 2.92. The van der Waals surface area contributed by atoms with Crippen LogP contribution in [0.4, 0.5) is 0 Å². The molecule has 0 aromatic carbocycles. The van der Waals surface area contributed by atoms with Crippen LogP contribution in [0.25, 0.3) is 0 Å². The van der Waals surface area contributed by atoms with Crippen LogP contribution in [0.5, 0.6) is 0 Å². The van der Waals surface area contributed by atoms with Crippen molar-refractivity contribution in [2.24, 2.45) is 0 Å². The lowest BCUT2D eigenvalue weighted by molar-refractivity contribution is 0.118. The quantitative estimate of drug-likeness (QED) is 0.458. The van der Waals surface area contributed by atoms with Crippen LogP contribution < -0.4 is 0 Å². The van der Waals surface area contributed by atoms with Crippen LogP contribution in [0.1, 0.15) is 6.42 Å². The molecule has 0 aliphatic rings. The molecule has 4 heteroatoms. The van der Waals surface area contributed by atoms with Gasteiger partial charge >= 0.3 is 0 Å². The highest BCUT2D eigenvalue weighted by molar-refractivity contribution is 6.55. The van der Waals surface area contributed by atoms with Crippen LogP contribution in [-0.4, -0.2) is 43.3 Å². The lowest BCUT2D eigenvalue weighted by atomic mass is 10.5. The van der Waals surface area contributed by atoms with E-state index in [1.54, 1.807) is 0 Å². The van der Waals surface area contributed by atoms with Crippen molar-refractivity contribution in [2.45, 2.75) is 32.6 Å². The Bertz CT molecular complexity index is 95.8. The highest BCUT2D eigenvalue weighted by atomic mass is 28.3. The van der Waals surface area contributed by atoms with Crippen LogP contribution in [0, 0.1) is 0 Å². The Morgan fingerprint density at radius 3 is 1.46 bits per heavy atom. The van der Waals surface area contributed by atoms with E-state index in [9.17, 15) is 0 Å². The summed E-state index contributed by atoms with van der Waals surface area (Å²) in [5.74, 6) is 0. The number of ether oxygens (including phenoxy) is 2. The Morgan fingerprint density at radius 1 is 0.769 bits per heavy atom. The first-order valence-corrected chi connectivity index (χ1v) is 10.3. The summed E-state index contributed by atoms with van der Waals surface area (Å²) >= 11 is 0.